The van der Waals surface area contributed by atoms with Gasteiger partial charge in [-0.05, 0) is 19.3 Å². The highest BCUT2D eigenvalue weighted by molar-refractivity contribution is 7.99. The quantitative estimate of drug-likeness (QED) is 0.777. The predicted molar refractivity (Wildman–Crippen MR) is 82.0 cm³/mol. The van der Waals surface area contributed by atoms with E-state index in [2.05, 4.69) is 5.32 Å². The van der Waals surface area contributed by atoms with Gasteiger partial charge in [0.1, 0.15) is 12.6 Å². The Bertz CT molecular complexity index is 464. The van der Waals surface area contributed by atoms with Crippen LogP contribution in [0.5, 0.6) is 0 Å². The first-order valence-corrected chi connectivity index (χ1v) is 9.15. The highest BCUT2D eigenvalue weighted by atomic mass is 32.2. The van der Waals surface area contributed by atoms with Crippen LogP contribution in [0.4, 0.5) is 0 Å². The number of ether oxygens (including phenoxy) is 1. The van der Waals surface area contributed by atoms with Crippen LogP contribution in [0.25, 0.3) is 0 Å². The molecule has 2 heterocycles. The summed E-state index contributed by atoms with van der Waals surface area (Å²) in [5.41, 5.74) is 0. The highest BCUT2D eigenvalue weighted by Gasteiger charge is 2.39. The fourth-order valence-electron chi connectivity index (χ4n) is 3.34. The van der Waals surface area contributed by atoms with E-state index in [1.807, 2.05) is 0 Å². The van der Waals surface area contributed by atoms with Gasteiger partial charge >= 0.3 is 5.97 Å². The first-order chi connectivity index (χ1) is 10.6. The van der Waals surface area contributed by atoms with Gasteiger partial charge in [0, 0.05) is 18.1 Å². The molecule has 2 aliphatic heterocycles. The van der Waals surface area contributed by atoms with Gasteiger partial charge in [-0.3, -0.25) is 9.59 Å². The molecule has 3 rings (SSSR count). The van der Waals surface area contributed by atoms with Crippen molar-refractivity contribution < 1.29 is 19.1 Å². The van der Waals surface area contributed by atoms with Crippen molar-refractivity contribution in [2.45, 2.75) is 50.6 Å². The molecule has 2 amide bonds. The average Bonchev–Trinajstić information content (AvgIpc) is 3.25. The molecular formula is C15H22N2O4S. The van der Waals surface area contributed by atoms with Gasteiger partial charge in [-0.25, -0.2) is 4.79 Å². The molecule has 0 spiro atoms. The zero-order chi connectivity index (χ0) is 15.5. The normalized spacial score (nSPS) is 28.9. The lowest BCUT2D eigenvalue weighted by atomic mass is 10.1. The number of amides is 2. The molecule has 1 aliphatic carbocycles. The molecule has 2 saturated heterocycles. The molecule has 1 N–H and O–H groups in total. The van der Waals surface area contributed by atoms with Crippen molar-refractivity contribution in [2.24, 2.45) is 5.92 Å². The second-order valence-electron chi connectivity index (χ2n) is 6.24. The lowest BCUT2D eigenvalue weighted by Crippen LogP contribution is -2.45. The summed E-state index contributed by atoms with van der Waals surface area (Å²) in [6, 6.07) is -0.542. The van der Waals surface area contributed by atoms with Crippen LogP contribution in [-0.2, 0) is 19.1 Å². The van der Waals surface area contributed by atoms with E-state index in [1.54, 1.807) is 16.7 Å². The van der Waals surface area contributed by atoms with Crippen molar-refractivity contribution >= 4 is 29.5 Å². The van der Waals surface area contributed by atoms with Crippen molar-refractivity contribution in [1.29, 1.82) is 0 Å². The van der Waals surface area contributed by atoms with Gasteiger partial charge in [0.2, 0.25) is 11.8 Å². The van der Waals surface area contributed by atoms with E-state index in [-0.39, 0.29) is 36.4 Å². The zero-order valence-electron chi connectivity index (χ0n) is 12.6. The van der Waals surface area contributed by atoms with Crippen molar-refractivity contribution in [2.75, 3.05) is 18.2 Å². The number of rotatable bonds is 4. The number of carbonyl (C=O) groups excluding carboxylic acids is 3. The average molecular weight is 326 g/mol. The van der Waals surface area contributed by atoms with Crippen molar-refractivity contribution in [3.63, 3.8) is 0 Å². The first-order valence-electron chi connectivity index (χ1n) is 7.99. The largest absolute Gasteiger partial charge is 0.462 e. The van der Waals surface area contributed by atoms with Crippen LogP contribution < -0.4 is 5.32 Å². The van der Waals surface area contributed by atoms with Crippen LogP contribution in [0.2, 0.25) is 0 Å². The van der Waals surface area contributed by atoms with E-state index in [9.17, 15) is 14.4 Å². The number of thioether (sulfide) groups is 1. The van der Waals surface area contributed by atoms with Crippen LogP contribution in [0.1, 0.15) is 38.5 Å². The molecule has 3 fully saturated rings. The summed E-state index contributed by atoms with van der Waals surface area (Å²) in [7, 11) is 0. The van der Waals surface area contributed by atoms with Gasteiger partial charge in [0.25, 0.3) is 0 Å². The van der Waals surface area contributed by atoms with Crippen LogP contribution in [0.3, 0.4) is 0 Å². The number of esters is 1. The van der Waals surface area contributed by atoms with E-state index < -0.39 is 6.04 Å². The minimum Gasteiger partial charge on any atom is -0.462 e. The summed E-state index contributed by atoms with van der Waals surface area (Å²) in [6.07, 6.45) is 5.29. The van der Waals surface area contributed by atoms with E-state index in [4.69, 9.17) is 4.74 Å². The Morgan fingerprint density at radius 2 is 2.05 bits per heavy atom. The monoisotopic (exact) mass is 326 g/mol. The van der Waals surface area contributed by atoms with Gasteiger partial charge in [-0.1, -0.05) is 12.8 Å². The summed E-state index contributed by atoms with van der Waals surface area (Å²) in [5.74, 6) is 1.05. The Morgan fingerprint density at radius 1 is 1.27 bits per heavy atom. The van der Waals surface area contributed by atoms with Gasteiger partial charge in [-0.2, -0.15) is 0 Å². The number of hydrogen-bond acceptors (Lipinski definition) is 5. The smallest absolute Gasteiger partial charge is 0.329 e. The second-order valence-corrected chi connectivity index (χ2v) is 7.24. The number of carbonyl (C=O) groups is 3. The lowest BCUT2D eigenvalue weighted by molar-refractivity contribution is -0.154. The topological polar surface area (TPSA) is 75.7 Å². The maximum atomic E-state index is 12.5. The van der Waals surface area contributed by atoms with Crippen LogP contribution in [0, 0.1) is 5.92 Å². The maximum Gasteiger partial charge on any atom is 0.329 e. The third-order valence-electron chi connectivity index (χ3n) is 4.65. The summed E-state index contributed by atoms with van der Waals surface area (Å²) >= 11 is 1.60. The maximum absolute atomic E-state index is 12.5. The molecular weight excluding hydrogens is 304 g/mol. The Balaban J connectivity index is 1.52. The predicted octanol–water partition coefficient (Wildman–Crippen LogP) is 0.900. The highest BCUT2D eigenvalue weighted by Crippen LogP contribution is 2.31. The fraction of sp³-hybridized carbons (Fsp3) is 0.800. The van der Waals surface area contributed by atoms with Crippen molar-refractivity contribution in [3.8, 4) is 0 Å². The summed E-state index contributed by atoms with van der Waals surface area (Å²) < 4.78 is 5.34. The molecule has 0 aromatic rings. The first kappa shape index (κ1) is 15.6. The molecule has 6 nitrogen and oxygen atoms in total. The van der Waals surface area contributed by atoms with Gasteiger partial charge in [0.15, 0.2) is 0 Å². The Hall–Kier alpha value is -1.24. The van der Waals surface area contributed by atoms with Gasteiger partial charge in [-0.15, -0.1) is 11.8 Å². The third kappa shape index (κ3) is 3.39. The molecule has 0 unspecified atom stereocenters. The zero-order valence-corrected chi connectivity index (χ0v) is 13.4. The third-order valence-corrected chi connectivity index (χ3v) is 5.67. The van der Waals surface area contributed by atoms with Crippen LogP contribution in [-0.4, -0.2) is 53.0 Å². The molecule has 0 radical (unpaired) electrons. The minimum atomic E-state index is -0.463. The molecule has 2 atom stereocenters. The molecule has 0 aromatic heterocycles. The molecule has 22 heavy (non-hydrogen) atoms. The fourth-order valence-corrected chi connectivity index (χ4v) is 4.49. The summed E-state index contributed by atoms with van der Waals surface area (Å²) in [6.45, 7) is 0.206. The SMILES string of the molecule is O=C1CC[C@@H](COC(=O)[C@@H]2CSCN2C(=O)C2CCCC2)N1. The molecule has 1 saturated carbocycles. The lowest BCUT2D eigenvalue weighted by Gasteiger charge is -2.25. The van der Waals surface area contributed by atoms with E-state index >= 15 is 0 Å². The number of nitrogens with zero attached hydrogens (tertiary/aromatic N) is 1. The molecule has 7 heteroatoms. The summed E-state index contributed by atoms with van der Waals surface area (Å²) in [5, 5.41) is 2.78. The molecule has 3 aliphatic rings. The number of hydrogen-bond donors (Lipinski definition) is 1. The Labute approximate surface area is 134 Å². The molecule has 0 bridgehead atoms. The standard InChI is InChI=1S/C15H22N2O4S/c18-13-6-5-11(16-13)7-21-15(20)12-8-22-9-17(12)14(19)10-3-1-2-4-10/h10-12H,1-9H2,(H,16,18)/t11-,12-/m0/s1. The van der Waals surface area contributed by atoms with E-state index in [1.165, 1.54) is 0 Å². The van der Waals surface area contributed by atoms with E-state index in [0.717, 1.165) is 25.7 Å². The van der Waals surface area contributed by atoms with Crippen molar-refractivity contribution in [1.82, 2.24) is 10.2 Å². The molecule has 122 valence electrons. The number of nitrogens with one attached hydrogen (secondary N) is 1. The second kappa shape index (κ2) is 6.89. The van der Waals surface area contributed by atoms with Crippen LogP contribution in [0.15, 0.2) is 0 Å². The molecule has 0 aromatic carbocycles. The van der Waals surface area contributed by atoms with Crippen LogP contribution >= 0.6 is 11.8 Å². The Kier molecular flexibility index (Phi) is 4.90. The minimum absolute atomic E-state index is 0.00973. The van der Waals surface area contributed by atoms with E-state index in [0.29, 0.717) is 24.5 Å². The summed E-state index contributed by atoms with van der Waals surface area (Å²) in [4.78, 5) is 37.6. The van der Waals surface area contributed by atoms with Crippen molar-refractivity contribution in [3.05, 3.63) is 0 Å². The van der Waals surface area contributed by atoms with Gasteiger partial charge in [0.05, 0.1) is 11.9 Å². The Morgan fingerprint density at radius 3 is 2.73 bits per heavy atom. The van der Waals surface area contributed by atoms with Gasteiger partial charge < -0.3 is 15.0 Å².